The zero-order valence-electron chi connectivity index (χ0n) is 12.6. The molecule has 1 amide bonds. The van der Waals surface area contributed by atoms with Crippen molar-refractivity contribution in [1.82, 2.24) is 4.90 Å². The number of likely N-dealkylation sites (tertiary alicyclic amines) is 1. The van der Waals surface area contributed by atoms with Crippen LogP contribution in [0, 0.1) is 0 Å². The minimum atomic E-state index is -1.55. The van der Waals surface area contributed by atoms with Gasteiger partial charge in [0.15, 0.2) is 11.8 Å². The minimum absolute atomic E-state index is 0.163. The molecular formula is C14H23NO5. The molecule has 1 atom stereocenters. The van der Waals surface area contributed by atoms with Gasteiger partial charge >= 0.3 is 12.1 Å². The molecule has 0 aromatic heterocycles. The molecule has 1 unspecified atom stereocenters. The molecule has 114 valence electrons. The summed E-state index contributed by atoms with van der Waals surface area (Å²) in [4.78, 5) is 37.1. The van der Waals surface area contributed by atoms with Crippen LogP contribution in [0.1, 0.15) is 47.0 Å². The van der Waals surface area contributed by atoms with Crippen LogP contribution < -0.4 is 0 Å². The standard InChI is InChI=1S/C14H23NO5/c1-5-19-11(17)14(10-16)8-6-7-9-15(14)12(18)20-13(2,3)4/h10H,5-9H2,1-4H3. The highest BCUT2D eigenvalue weighted by molar-refractivity contribution is 6.01. The predicted molar refractivity (Wildman–Crippen MR) is 72.2 cm³/mol. The molecule has 0 radical (unpaired) electrons. The fourth-order valence-electron chi connectivity index (χ4n) is 2.21. The molecule has 1 aliphatic rings. The molecule has 1 aliphatic heterocycles. The molecule has 1 fully saturated rings. The quantitative estimate of drug-likeness (QED) is 0.450. The zero-order valence-corrected chi connectivity index (χ0v) is 12.6. The Morgan fingerprint density at radius 3 is 2.45 bits per heavy atom. The van der Waals surface area contributed by atoms with E-state index in [1.807, 2.05) is 0 Å². The van der Waals surface area contributed by atoms with Gasteiger partial charge in [-0.05, 0) is 47.0 Å². The number of esters is 1. The van der Waals surface area contributed by atoms with Gasteiger partial charge in [0, 0.05) is 6.54 Å². The first kappa shape index (κ1) is 16.5. The summed E-state index contributed by atoms with van der Waals surface area (Å²) in [6.45, 7) is 7.35. The van der Waals surface area contributed by atoms with Gasteiger partial charge < -0.3 is 14.3 Å². The van der Waals surface area contributed by atoms with E-state index in [-0.39, 0.29) is 13.0 Å². The molecule has 1 rings (SSSR count). The number of amides is 1. The summed E-state index contributed by atoms with van der Waals surface area (Å²) in [5, 5.41) is 0. The normalized spacial score (nSPS) is 23.1. The smallest absolute Gasteiger partial charge is 0.411 e. The molecule has 0 N–H and O–H groups in total. The van der Waals surface area contributed by atoms with Gasteiger partial charge in [0.2, 0.25) is 0 Å². The molecule has 0 bridgehead atoms. The number of aldehydes is 1. The van der Waals surface area contributed by atoms with Crippen LogP contribution in [0.2, 0.25) is 0 Å². The third-order valence-corrected chi connectivity index (χ3v) is 3.11. The summed E-state index contributed by atoms with van der Waals surface area (Å²) < 4.78 is 10.2. The minimum Gasteiger partial charge on any atom is -0.464 e. The predicted octanol–water partition coefficient (Wildman–Crippen LogP) is 1.91. The van der Waals surface area contributed by atoms with E-state index >= 15 is 0 Å². The van der Waals surface area contributed by atoms with E-state index in [1.54, 1.807) is 27.7 Å². The lowest BCUT2D eigenvalue weighted by Gasteiger charge is -2.41. The number of ether oxygens (including phenoxy) is 2. The van der Waals surface area contributed by atoms with Gasteiger partial charge in [-0.25, -0.2) is 9.59 Å². The molecule has 6 nitrogen and oxygen atoms in total. The summed E-state index contributed by atoms with van der Waals surface area (Å²) in [5.74, 6) is -0.680. The Morgan fingerprint density at radius 2 is 1.95 bits per heavy atom. The maximum Gasteiger partial charge on any atom is 0.411 e. The summed E-state index contributed by atoms with van der Waals surface area (Å²) in [5.41, 5.74) is -2.23. The van der Waals surface area contributed by atoms with Crippen LogP contribution in [0.3, 0.4) is 0 Å². The van der Waals surface area contributed by atoms with Crippen molar-refractivity contribution in [2.24, 2.45) is 0 Å². The lowest BCUT2D eigenvalue weighted by Crippen LogP contribution is -2.61. The Bertz CT molecular complexity index is 388. The number of piperidine rings is 1. The van der Waals surface area contributed by atoms with Gasteiger partial charge in [-0.2, -0.15) is 0 Å². The topological polar surface area (TPSA) is 72.9 Å². The molecule has 0 spiro atoms. The summed E-state index contributed by atoms with van der Waals surface area (Å²) in [6, 6.07) is 0. The Morgan fingerprint density at radius 1 is 1.30 bits per heavy atom. The SMILES string of the molecule is CCOC(=O)C1(C=O)CCCCN1C(=O)OC(C)(C)C. The highest BCUT2D eigenvalue weighted by Crippen LogP contribution is 2.29. The van der Waals surface area contributed by atoms with E-state index in [2.05, 4.69) is 0 Å². The monoisotopic (exact) mass is 285 g/mol. The first-order chi connectivity index (χ1) is 9.27. The third-order valence-electron chi connectivity index (χ3n) is 3.11. The van der Waals surface area contributed by atoms with Crippen LogP contribution >= 0.6 is 0 Å². The van der Waals surface area contributed by atoms with Crippen LogP contribution in [0.25, 0.3) is 0 Å². The molecule has 6 heteroatoms. The summed E-state index contributed by atoms with van der Waals surface area (Å²) >= 11 is 0. The summed E-state index contributed by atoms with van der Waals surface area (Å²) in [7, 11) is 0. The number of nitrogens with zero attached hydrogens (tertiary/aromatic N) is 1. The Balaban J connectivity index is 3.02. The molecule has 1 heterocycles. The molecule has 1 saturated heterocycles. The van der Waals surface area contributed by atoms with Gasteiger partial charge in [-0.1, -0.05) is 0 Å². The van der Waals surface area contributed by atoms with Crippen LogP contribution in [-0.2, 0) is 19.1 Å². The van der Waals surface area contributed by atoms with Gasteiger partial charge in [0.05, 0.1) is 6.61 Å². The third kappa shape index (κ3) is 3.49. The number of carbonyl (C=O) groups is 3. The number of hydrogen-bond donors (Lipinski definition) is 0. The lowest BCUT2D eigenvalue weighted by molar-refractivity contribution is -0.161. The highest BCUT2D eigenvalue weighted by atomic mass is 16.6. The highest BCUT2D eigenvalue weighted by Gasteiger charge is 2.50. The number of carbonyl (C=O) groups excluding carboxylic acids is 3. The van der Waals surface area contributed by atoms with Crippen molar-refractivity contribution in [2.45, 2.75) is 58.1 Å². The Kier molecular flexibility index (Phi) is 5.14. The second-order valence-electron chi connectivity index (χ2n) is 5.85. The largest absolute Gasteiger partial charge is 0.464 e. The van der Waals surface area contributed by atoms with E-state index in [1.165, 1.54) is 4.90 Å². The van der Waals surface area contributed by atoms with E-state index in [9.17, 15) is 14.4 Å². The summed E-state index contributed by atoms with van der Waals surface area (Å²) in [6.07, 6.45) is 1.55. The van der Waals surface area contributed by atoms with Crippen molar-refractivity contribution in [1.29, 1.82) is 0 Å². The second-order valence-corrected chi connectivity index (χ2v) is 5.85. The first-order valence-electron chi connectivity index (χ1n) is 6.91. The van der Waals surface area contributed by atoms with Gasteiger partial charge in [0.25, 0.3) is 0 Å². The maximum absolute atomic E-state index is 12.2. The van der Waals surface area contributed by atoms with Gasteiger partial charge in [-0.15, -0.1) is 0 Å². The molecular weight excluding hydrogens is 262 g/mol. The molecule has 20 heavy (non-hydrogen) atoms. The fourth-order valence-corrected chi connectivity index (χ4v) is 2.21. The second kappa shape index (κ2) is 6.24. The van der Waals surface area contributed by atoms with Crippen LogP contribution in [0.15, 0.2) is 0 Å². The van der Waals surface area contributed by atoms with Crippen molar-refractivity contribution < 1.29 is 23.9 Å². The fraction of sp³-hybridized carbons (Fsp3) is 0.786. The Hall–Kier alpha value is -1.59. The van der Waals surface area contributed by atoms with Crippen LogP contribution in [-0.4, -0.2) is 47.5 Å². The number of hydrogen-bond acceptors (Lipinski definition) is 5. The van der Waals surface area contributed by atoms with E-state index in [4.69, 9.17) is 9.47 Å². The molecule has 0 saturated carbocycles. The molecule has 0 aromatic carbocycles. The van der Waals surface area contributed by atoms with Crippen molar-refractivity contribution >= 4 is 18.3 Å². The van der Waals surface area contributed by atoms with Crippen molar-refractivity contribution in [3.63, 3.8) is 0 Å². The Labute approximate surface area is 119 Å². The van der Waals surface area contributed by atoms with E-state index in [0.29, 0.717) is 19.3 Å². The maximum atomic E-state index is 12.2. The zero-order chi connectivity index (χ0) is 15.4. The average Bonchev–Trinajstić information content (AvgIpc) is 2.36. The van der Waals surface area contributed by atoms with Crippen LogP contribution in [0.5, 0.6) is 0 Å². The average molecular weight is 285 g/mol. The van der Waals surface area contributed by atoms with Gasteiger partial charge in [-0.3, -0.25) is 4.90 Å². The van der Waals surface area contributed by atoms with Crippen molar-refractivity contribution in [3.8, 4) is 0 Å². The molecule has 0 aliphatic carbocycles. The van der Waals surface area contributed by atoms with Crippen molar-refractivity contribution in [3.05, 3.63) is 0 Å². The lowest BCUT2D eigenvalue weighted by atomic mass is 9.88. The van der Waals surface area contributed by atoms with Crippen LogP contribution in [0.4, 0.5) is 4.79 Å². The van der Waals surface area contributed by atoms with Crippen molar-refractivity contribution in [2.75, 3.05) is 13.2 Å². The van der Waals surface area contributed by atoms with Gasteiger partial charge in [0.1, 0.15) is 5.60 Å². The van der Waals surface area contributed by atoms with E-state index < -0.39 is 23.2 Å². The first-order valence-corrected chi connectivity index (χ1v) is 6.91. The number of rotatable bonds is 3. The van der Waals surface area contributed by atoms with E-state index in [0.717, 1.165) is 6.42 Å². The molecule has 0 aromatic rings.